The number of unbranched alkanes of at least 4 members (excludes halogenated alkanes) is 1. The number of nitrogens with zero attached hydrogens (tertiary/aromatic N) is 2. The molecule has 0 amide bonds. The molecule has 0 aliphatic carbocycles. The fourth-order valence-corrected chi connectivity index (χ4v) is 2.86. The summed E-state index contributed by atoms with van der Waals surface area (Å²) in [4.78, 5) is 11.9. The monoisotopic (exact) mass is 348 g/mol. The summed E-state index contributed by atoms with van der Waals surface area (Å²) in [5.41, 5.74) is 1.23. The van der Waals surface area contributed by atoms with Crippen molar-refractivity contribution in [3.63, 3.8) is 0 Å². The third kappa shape index (κ3) is 5.67. The quantitative estimate of drug-likeness (QED) is 0.384. The Kier molecular flexibility index (Phi) is 7.31. The van der Waals surface area contributed by atoms with E-state index in [2.05, 4.69) is 36.2 Å². The molecule has 0 radical (unpaired) electrons. The van der Waals surface area contributed by atoms with Crippen LogP contribution >= 0.6 is 11.8 Å². The highest BCUT2D eigenvalue weighted by atomic mass is 32.2. The second-order valence-corrected chi connectivity index (χ2v) is 7.05. The highest BCUT2D eigenvalue weighted by Crippen LogP contribution is 2.25. The smallest absolute Gasteiger partial charge is 0.319 e. The molecule has 2 aromatic rings. The van der Waals surface area contributed by atoms with Gasteiger partial charge in [-0.3, -0.25) is 4.79 Å². The summed E-state index contributed by atoms with van der Waals surface area (Å²) in [7, 11) is 0. The Bertz CT molecular complexity index is 630. The van der Waals surface area contributed by atoms with Gasteiger partial charge >= 0.3 is 5.97 Å². The van der Waals surface area contributed by atoms with Crippen LogP contribution in [-0.2, 0) is 16.0 Å². The maximum absolute atomic E-state index is 11.9. The molecule has 0 bridgehead atoms. The molecular formula is C18H24N2O3S. The number of rotatable bonds is 9. The number of thioether (sulfide) groups is 1. The Morgan fingerprint density at radius 2 is 2.00 bits per heavy atom. The second kappa shape index (κ2) is 9.47. The van der Waals surface area contributed by atoms with Gasteiger partial charge in [0, 0.05) is 6.42 Å². The largest absolute Gasteiger partial charge is 0.465 e. The van der Waals surface area contributed by atoms with Crippen LogP contribution in [0, 0.1) is 0 Å². The first-order valence-corrected chi connectivity index (χ1v) is 9.18. The van der Waals surface area contributed by atoms with Crippen molar-refractivity contribution in [3.8, 4) is 0 Å². The molecule has 24 heavy (non-hydrogen) atoms. The SMILES string of the molecule is CCCCOC(=O)C(C)Sc1nnc(CC(C)c2ccccc2)o1. The van der Waals surface area contributed by atoms with E-state index in [9.17, 15) is 4.79 Å². The number of hydrogen-bond donors (Lipinski definition) is 0. The van der Waals surface area contributed by atoms with E-state index in [1.165, 1.54) is 17.3 Å². The molecule has 1 heterocycles. The third-order valence-electron chi connectivity index (χ3n) is 3.65. The van der Waals surface area contributed by atoms with Crippen molar-refractivity contribution in [1.29, 1.82) is 0 Å². The lowest BCUT2D eigenvalue weighted by Gasteiger charge is -2.09. The molecule has 0 saturated heterocycles. The molecule has 130 valence electrons. The average molecular weight is 348 g/mol. The number of benzene rings is 1. The molecule has 2 rings (SSSR count). The van der Waals surface area contributed by atoms with Crippen molar-refractivity contribution >= 4 is 17.7 Å². The van der Waals surface area contributed by atoms with E-state index in [0.29, 0.717) is 30.1 Å². The van der Waals surface area contributed by atoms with Gasteiger partial charge in [0.05, 0.1) is 6.61 Å². The zero-order chi connectivity index (χ0) is 17.4. The van der Waals surface area contributed by atoms with Crippen molar-refractivity contribution in [3.05, 3.63) is 41.8 Å². The number of aromatic nitrogens is 2. The first kappa shape index (κ1) is 18.5. The van der Waals surface area contributed by atoms with E-state index < -0.39 is 0 Å². The van der Waals surface area contributed by atoms with Crippen LogP contribution in [-0.4, -0.2) is 28.0 Å². The first-order chi connectivity index (χ1) is 11.6. The lowest BCUT2D eigenvalue weighted by atomic mass is 9.98. The van der Waals surface area contributed by atoms with Crippen LogP contribution in [0.15, 0.2) is 40.0 Å². The molecule has 0 aliphatic rings. The molecule has 5 nitrogen and oxygen atoms in total. The van der Waals surface area contributed by atoms with Crippen molar-refractivity contribution < 1.29 is 13.9 Å². The topological polar surface area (TPSA) is 65.2 Å². The predicted octanol–water partition coefficient (Wildman–Crippen LogP) is 4.24. The summed E-state index contributed by atoms with van der Waals surface area (Å²) < 4.78 is 10.9. The van der Waals surface area contributed by atoms with Gasteiger partial charge in [-0.25, -0.2) is 0 Å². The minimum absolute atomic E-state index is 0.245. The Morgan fingerprint density at radius 1 is 1.25 bits per heavy atom. The summed E-state index contributed by atoms with van der Waals surface area (Å²) in [6.07, 6.45) is 2.56. The van der Waals surface area contributed by atoms with Gasteiger partial charge < -0.3 is 9.15 Å². The zero-order valence-corrected chi connectivity index (χ0v) is 15.2. The van der Waals surface area contributed by atoms with Gasteiger partial charge in [-0.2, -0.15) is 0 Å². The minimum Gasteiger partial charge on any atom is -0.465 e. The van der Waals surface area contributed by atoms with Crippen LogP contribution in [0.1, 0.15) is 51.0 Å². The van der Waals surface area contributed by atoms with Gasteiger partial charge in [-0.15, -0.1) is 10.2 Å². The van der Waals surface area contributed by atoms with Crippen LogP contribution in [0.25, 0.3) is 0 Å². The van der Waals surface area contributed by atoms with Gasteiger partial charge in [-0.1, -0.05) is 62.4 Å². The molecule has 0 aliphatic heterocycles. The predicted molar refractivity (Wildman–Crippen MR) is 94.0 cm³/mol. The average Bonchev–Trinajstić information content (AvgIpc) is 3.02. The van der Waals surface area contributed by atoms with Gasteiger partial charge in [0.2, 0.25) is 5.89 Å². The Balaban J connectivity index is 1.85. The van der Waals surface area contributed by atoms with E-state index in [1.807, 2.05) is 18.2 Å². The van der Waals surface area contributed by atoms with E-state index in [4.69, 9.17) is 9.15 Å². The molecule has 2 unspecified atom stereocenters. The van der Waals surface area contributed by atoms with E-state index in [1.54, 1.807) is 6.92 Å². The number of hydrogen-bond acceptors (Lipinski definition) is 6. The van der Waals surface area contributed by atoms with Gasteiger partial charge in [0.15, 0.2) is 0 Å². The van der Waals surface area contributed by atoms with Crippen LogP contribution in [0.2, 0.25) is 0 Å². The van der Waals surface area contributed by atoms with Gasteiger partial charge in [0.25, 0.3) is 5.22 Å². The second-order valence-electron chi connectivity index (χ2n) is 5.76. The van der Waals surface area contributed by atoms with Crippen molar-refractivity contribution in [2.45, 2.75) is 56.4 Å². The fraction of sp³-hybridized carbons (Fsp3) is 0.500. The zero-order valence-electron chi connectivity index (χ0n) is 14.4. The van der Waals surface area contributed by atoms with Crippen LogP contribution in [0.3, 0.4) is 0 Å². The fourth-order valence-electron chi connectivity index (χ4n) is 2.16. The lowest BCUT2D eigenvalue weighted by Crippen LogP contribution is -2.17. The summed E-state index contributed by atoms with van der Waals surface area (Å²) in [5.74, 6) is 0.632. The summed E-state index contributed by atoms with van der Waals surface area (Å²) in [6, 6.07) is 10.2. The third-order valence-corrected chi connectivity index (χ3v) is 4.56. The van der Waals surface area contributed by atoms with E-state index in [0.717, 1.165) is 12.8 Å². The molecule has 1 aromatic carbocycles. The molecule has 0 spiro atoms. The maximum atomic E-state index is 11.9. The molecule has 2 atom stereocenters. The van der Waals surface area contributed by atoms with E-state index >= 15 is 0 Å². The number of carbonyl (C=O) groups is 1. The first-order valence-electron chi connectivity index (χ1n) is 8.30. The molecule has 6 heteroatoms. The van der Waals surface area contributed by atoms with Crippen molar-refractivity contribution in [2.75, 3.05) is 6.61 Å². The summed E-state index contributed by atoms with van der Waals surface area (Å²) in [5, 5.41) is 8.15. The molecule has 0 fully saturated rings. The Morgan fingerprint density at radius 3 is 2.71 bits per heavy atom. The highest BCUT2D eigenvalue weighted by molar-refractivity contribution is 8.00. The Labute approximate surface area is 147 Å². The van der Waals surface area contributed by atoms with Gasteiger partial charge in [0.1, 0.15) is 5.25 Å². The summed E-state index contributed by atoms with van der Waals surface area (Å²) >= 11 is 1.24. The Hall–Kier alpha value is -1.82. The number of carbonyl (C=O) groups excluding carboxylic acids is 1. The molecule has 1 aromatic heterocycles. The standard InChI is InChI=1S/C18H24N2O3S/c1-4-5-11-22-17(21)14(3)24-18-20-19-16(23-18)12-13(2)15-9-7-6-8-10-15/h6-10,13-14H,4-5,11-12H2,1-3H3. The van der Waals surface area contributed by atoms with E-state index in [-0.39, 0.29) is 11.2 Å². The molecule has 0 N–H and O–H groups in total. The van der Waals surface area contributed by atoms with Gasteiger partial charge in [-0.05, 0) is 24.8 Å². The van der Waals surface area contributed by atoms with Crippen LogP contribution in [0.5, 0.6) is 0 Å². The van der Waals surface area contributed by atoms with Crippen LogP contribution in [0.4, 0.5) is 0 Å². The maximum Gasteiger partial charge on any atom is 0.319 e. The number of ether oxygens (including phenoxy) is 1. The normalized spacial score (nSPS) is 13.5. The number of esters is 1. The van der Waals surface area contributed by atoms with Crippen molar-refractivity contribution in [1.82, 2.24) is 10.2 Å². The lowest BCUT2D eigenvalue weighted by molar-refractivity contribution is -0.142. The highest BCUT2D eigenvalue weighted by Gasteiger charge is 2.20. The summed E-state index contributed by atoms with van der Waals surface area (Å²) in [6.45, 7) is 6.43. The minimum atomic E-state index is -0.360. The van der Waals surface area contributed by atoms with Crippen LogP contribution < -0.4 is 0 Å². The molecular weight excluding hydrogens is 324 g/mol. The van der Waals surface area contributed by atoms with Crippen molar-refractivity contribution in [2.24, 2.45) is 0 Å². The molecule has 0 saturated carbocycles.